The molecule has 0 fully saturated rings. The molecule has 0 spiro atoms. The van der Waals surface area contributed by atoms with Crippen LogP contribution in [0.3, 0.4) is 0 Å². The predicted octanol–water partition coefficient (Wildman–Crippen LogP) is 1.38. The third kappa shape index (κ3) is 4.44. The van der Waals surface area contributed by atoms with Crippen molar-refractivity contribution in [1.82, 2.24) is 0 Å². The third-order valence-electron chi connectivity index (χ3n) is 0.598. The van der Waals surface area contributed by atoms with Crippen LogP contribution in [0.25, 0.3) is 0 Å². The van der Waals surface area contributed by atoms with Crippen LogP contribution in [0.4, 0.5) is 0 Å². The van der Waals surface area contributed by atoms with Crippen molar-refractivity contribution in [2.24, 2.45) is 0 Å². The van der Waals surface area contributed by atoms with Gasteiger partial charge < -0.3 is 5.11 Å². The number of hydrogen-bond acceptors (Lipinski definition) is 1. The van der Waals surface area contributed by atoms with E-state index in [-0.39, 0.29) is 12.0 Å². The van der Waals surface area contributed by atoms with Crippen molar-refractivity contribution in [2.45, 2.75) is 5.38 Å². The van der Waals surface area contributed by atoms with E-state index in [4.69, 9.17) is 28.3 Å². The molecule has 1 nitrogen and oxygen atoms in total. The van der Waals surface area contributed by atoms with E-state index in [0.29, 0.717) is 5.88 Å². The Hall–Kier alpha value is 0.280. The SMILES string of the molecule is OC/C=C/C(Cl)CCl. The molecule has 0 heterocycles. The van der Waals surface area contributed by atoms with E-state index in [2.05, 4.69) is 0 Å². The Morgan fingerprint density at radius 1 is 1.62 bits per heavy atom. The summed E-state index contributed by atoms with van der Waals surface area (Å²) in [4.78, 5) is 0. The van der Waals surface area contributed by atoms with Crippen LogP contribution < -0.4 is 0 Å². The lowest BCUT2D eigenvalue weighted by atomic mass is 10.4. The van der Waals surface area contributed by atoms with Gasteiger partial charge in [0, 0.05) is 5.88 Å². The van der Waals surface area contributed by atoms with E-state index in [1.807, 2.05) is 0 Å². The standard InChI is InChI=1S/C5H8Cl2O/c6-4-5(7)2-1-3-8/h1-2,5,8H,3-4H2/b2-1+. The first-order valence-corrected chi connectivity index (χ1v) is 3.26. The summed E-state index contributed by atoms with van der Waals surface area (Å²) in [6.45, 7) is 0.0279. The summed E-state index contributed by atoms with van der Waals surface area (Å²) >= 11 is 10.8. The van der Waals surface area contributed by atoms with Gasteiger partial charge in [-0.25, -0.2) is 0 Å². The lowest BCUT2D eigenvalue weighted by molar-refractivity contribution is 0.342. The molecule has 3 heteroatoms. The topological polar surface area (TPSA) is 20.2 Å². The summed E-state index contributed by atoms with van der Waals surface area (Å²) in [6.07, 6.45) is 3.23. The molecule has 0 aromatic heterocycles. The number of allylic oxidation sites excluding steroid dienone is 1. The number of halogens is 2. The third-order valence-corrected chi connectivity index (χ3v) is 1.39. The fourth-order valence-electron chi connectivity index (χ4n) is 0.260. The van der Waals surface area contributed by atoms with Crippen LogP contribution in [0.5, 0.6) is 0 Å². The van der Waals surface area contributed by atoms with Gasteiger partial charge in [0.05, 0.1) is 12.0 Å². The van der Waals surface area contributed by atoms with E-state index in [9.17, 15) is 0 Å². The van der Waals surface area contributed by atoms with Crippen LogP contribution >= 0.6 is 23.2 Å². The second kappa shape index (κ2) is 5.42. The fourth-order valence-corrected chi connectivity index (χ4v) is 0.466. The minimum atomic E-state index is -0.149. The Labute approximate surface area is 58.9 Å². The summed E-state index contributed by atoms with van der Waals surface area (Å²) in [7, 11) is 0. The average molecular weight is 155 g/mol. The van der Waals surface area contributed by atoms with Gasteiger partial charge in [0.15, 0.2) is 0 Å². The number of aliphatic hydroxyl groups is 1. The lowest BCUT2D eigenvalue weighted by Gasteiger charge is -1.92. The molecule has 0 bridgehead atoms. The molecule has 0 amide bonds. The highest BCUT2D eigenvalue weighted by Gasteiger charge is 1.92. The fraction of sp³-hybridized carbons (Fsp3) is 0.600. The van der Waals surface area contributed by atoms with Crippen LogP contribution in [0.1, 0.15) is 0 Å². The minimum absolute atomic E-state index is 0.0279. The summed E-state index contributed by atoms with van der Waals surface area (Å²) in [6, 6.07) is 0. The Morgan fingerprint density at radius 3 is 2.62 bits per heavy atom. The van der Waals surface area contributed by atoms with Crippen LogP contribution in [0, 0.1) is 0 Å². The van der Waals surface area contributed by atoms with Crippen molar-refractivity contribution in [3.63, 3.8) is 0 Å². The number of aliphatic hydroxyl groups excluding tert-OH is 1. The van der Waals surface area contributed by atoms with Crippen molar-refractivity contribution in [3.8, 4) is 0 Å². The highest BCUT2D eigenvalue weighted by atomic mass is 35.5. The zero-order chi connectivity index (χ0) is 6.41. The summed E-state index contributed by atoms with van der Waals surface area (Å²) in [5.74, 6) is 0.387. The second-order valence-electron chi connectivity index (χ2n) is 1.28. The van der Waals surface area contributed by atoms with Crippen molar-refractivity contribution in [1.29, 1.82) is 0 Å². The Balaban J connectivity index is 3.21. The smallest absolute Gasteiger partial charge is 0.0652 e. The Bertz CT molecular complexity index is 72.8. The molecule has 0 aliphatic heterocycles. The monoisotopic (exact) mass is 154 g/mol. The van der Waals surface area contributed by atoms with Gasteiger partial charge in [0.1, 0.15) is 0 Å². The predicted molar refractivity (Wildman–Crippen MR) is 36.6 cm³/mol. The molecule has 8 heavy (non-hydrogen) atoms. The molecule has 1 atom stereocenters. The summed E-state index contributed by atoms with van der Waals surface area (Å²) in [5, 5.41) is 8.07. The quantitative estimate of drug-likeness (QED) is 0.482. The van der Waals surface area contributed by atoms with E-state index >= 15 is 0 Å². The zero-order valence-corrected chi connectivity index (χ0v) is 5.86. The molecule has 0 rings (SSSR count). The molecule has 1 N–H and O–H groups in total. The average Bonchev–Trinajstić information content (AvgIpc) is 1.83. The molecule has 48 valence electrons. The molecule has 0 aromatic rings. The molecule has 0 radical (unpaired) electrons. The molecule has 0 aliphatic carbocycles. The van der Waals surface area contributed by atoms with Gasteiger partial charge in [-0.1, -0.05) is 12.2 Å². The molecular weight excluding hydrogens is 147 g/mol. The van der Waals surface area contributed by atoms with Gasteiger partial charge in [0.25, 0.3) is 0 Å². The number of alkyl halides is 2. The van der Waals surface area contributed by atoms with Crippen LogP contribution in [-0.4, -0.2) is 23.0 Å². The van der Waals surface area contributed by atoms with Crippen molar-refractivity contribution in [2.75, 3.05) is 12.5 Å². The number of hydrogen-bond donors (Lipinski definition) is 1. The van der Waals surface area contributed by atoms with Crippen molar-refractivity contribution < 1.29 is 5.11 Å². The molecule has 0 saturated carbocycles. The Kier molecular flexibility index (Phi) is 5.61. The maximum Gasteiger partial charge on any atom is 0.0652 e. The minimum Gasteiger partial charge on any atom is -0.392 e. The van der Waals surface area contributed by atoms with Crippen LogP contribution in [0.2, 0.25) is 0 Å². The first kappa shape index (κ1) is 8.28. The number of rotatable bonds is 3. The highest BCUT2D eigenvalue weighted by Crippen LogP contribution is 1.98. The largest absolute Gasteiger partial charge is 0.392 e. The van der Waals surface area contributed by atoms with Gasteiger partial charge in [-0.15, -0.1) is 23.2 Å². The zero-order valence-electron chi connectivity index (χ0n) is 4.35. The summed E-state index contributed by atoms with van der Waals surface area (Å²) < 4.78 is 0. The van der Waals surface area contributed by atoms with E-state index in [1.165, 1.54) is 0 Å². The maximum absolute atomic E-state index is 8.22. The summed E-state index contributed by atoms with van der Waals surface area (Å²) in [5.41, 5.74) is 0. The van der Waals surface area contributed by atoms with E-state index in [1.54, 1.807) is 12.2 Å². The maximum atomic E-state index is 8.22. The van der Waals surface area contributed by atoms with E-state index in [0.717, 1.165) is 0 Å². The molecule has 0 saturated heterocycles. The molecule has 1 unspecified atom stereocenters. The molecule has 0 aliphatic rings. The van der Waals surface area contributed by atoms with Gasteiger partial charge in [-0.05, 0) is 0 Å². The van der Waals surface area contributed by atoms with Crippen LogP contribution in [0.15, 0.2) is 12.2 Å². The molecule has 0 aromatic carbocycles. The van der Waals surface area contributed by atoms with E-state index < -0.39 is 0 Å². The first-order valence-electron chi connectivity index (χ1n) is 2.28. The van der Waals surface area contributed by atoms with Gasteiger partial charge in [-0.3, -0.25) is 0 Å². The lowest BCUT2D eigenvalue weighted by Crippen LogP contribution is -1.93. The molecular formula is C5H8Cl2O. The van der Waals surface area contributed by atoms with Crippen LogP contribution in [-0.2, 0) is 0 Å². The first-order chi connectivity index (χ1) is 3.81. The second-order valence-corrected chi connectivity index (χ2v) is 2.15. The van der Waals surface area contributed by atoms with Crippen molar-refractivity contribution in [3.05, 3.63) is 12.2 Å². The van der Waals surface area contributed by atoms with Crippen molar-refractivity contribution >= 4 is 23.2 Å². The van der Waals surface area contributed by atoms with Gasteiger partial charge in [0.2, 0.25) is 0 Å². The normalized spacial score (nSPS) is 14.9. The Morgan fingerprint density at radius 2 is 2.25 bits per heavy atom. The van der Waals surface area contributed by atoms with Gasteiger partial charge >= 0.3 is 0 Å². The highest BCUT2D eigenvalue weighted by molar-refractivity contribution is 6.28. The van der Waals surface area contributed by atoms with Gasteiger partial charge in [-0.2, -0.15) is 0 Å².